The Hall–Kier alpha value is -3.34. The first-order valence-electron chi connectivity index (χ1n) is 10.4. The average molecular weight is 465 g/mol. The van der Waals surface area contributed by atoms with Gasteiger partial charge in [0, 0.05) is 37.0 Å². The van der Waals surface area contributed by atoms with Crippen LogP contribution in [0.4, 0.5) is 13.2 Å². The SMILES string of the molecule is CC[C@H]1CCN2C(=O)c3c(OC)c(=O)c(C(=O)NCc4c(F)cc(F)cc4F)cn3C[C@H]2O1. The third-order valence-corrected chi connectivity index (χ3v) is 5.88. The van der Waals surface area contributed by atoms with Gasteiger partial charge in [-0.2, -0.15) is 0 Å². The number of fused-ring (bicyclic) bond motifs is 2. The van der Waals surface area contributed by atoms with E-state index in [1.165, 1.54) is 22.8 Å². The molecule has 3 heterocycles. The second-order valence-electron chi connectivity index (χ2n) is 7.84. The van der Waals surface area contributed by atoms with E-state index < -0.39 is 53.0 Å². The summed E-state index contributed by atoms with van der Waals surface area (Å²) in [7, 11) is 1.21. The van der Waals surface area contributed by atoms with E-state index >= 15 is 0 Å². The normalized spacial score (nSPS) is 19.7. The topological polar surface area (TPSA) is 89.9 Å². The van der Waals surface area contributed by atoms with Crippen LogP contribution in [0.3, 0.4) is 0 Å². The summed E-state index contributed by atoms with van der Waals surface area (Å²) in [6.45, 7) is 2.01. The van der Waals surface area contributed by atoms with Crippen LogP contribution in [0.15, 0.2) is 23.1 Å². The fourth-order valence-corrected chi connectivity index (χ4v) is 4.13. The van der Waals surface area contributed by atoms with E-state index in [1.54, 1.807) is 0 Å². The van der Waals surface area contributed by atoms with Gasteiger partial charge >= 0.3 is 0 Å². The molecule has 0 aliphatic carbocycles. The Morgan fingerprint density at radius 1 is 1.24 bits per heavy atom. The molecular weight excluding hydrogens is 443 g/mol. The van der Waals surface area contributed by atoms with Gasteiger partial charge in [0.05, 0.1) is 19.8 Å². The van der Waals surface area contributed by atoms with Crippen LogP contribution in [0.5, 0.6) is 5.75 Å². The van der Waals surface area contributed by atoms with Crippen molar-refractivity contribution in [3.63, 3.8) is 0 Å². The Bertz CT molecular complexity index is 1160. The van der Waals surface area contributed by atoms with Crippen molar-refractivity contribution in [2.75, 3.05) is 13.7 Å². The van der Waals surface area contributed by atoms with Gasteiger partial charge in [0.2, 0.25) is 5.43 Å². The molecule has 0 saturated carbocycles. The summed E-state index contributed by atoms with van der Waals surface area (Å²) in [5.41, 5.74) is -1.76. The van der Waals surface area contributed by atoms with Gasteiger partial charge in [-0.05, 0) is 12.8 Å². The molecule has 176 valence electrons. The zero-order chi connectivity index (χ0) is 23.9. The molecular formula is C22H22F3N3O5. The van der Waals surface area contributed by atoms with Crippen molar-refractivity contribution in [3.8, 4) is 5.75 Å². The Labute approximate surface area is 186 Å². The molecule has 2 aromatic rings. The lowest BCUT2D eigenvalue weighted by Gasteiger charge is -2.43. The van der Waals surface area contributed by atoms with E-state index in [9.17, 15) is 27.6 Å². The van der Waals surface area contributed by atoms with Crippen LogP contribution in [0.2, 0.25) is 0 Å². The fourth-order valence-electron chi connectivity index (χ4n) is 4.13. The number of ether oxygens (including phenoxy) is 2. The van der Waals surface area contributed by atoms with Crippen LogP contribution in [-0.4, -0.2) is 47.3 Å². The molecule has 2 amide bonds. The number of halogens is 3. The van der Waals surface area contributed by atoms with E-state index in [0.717, 1.165) is 6.42 Å². The molecule has 11 heteroatoms. The van der Waals surface area contributed by atoms with Crippen molar-refractivity contribution in [2.24, 2.45) is 0 Å². The number of hydrogen-bond acceptors (Lipinski definition) is 5. The number of nitrogens with one attached hydrogen (secondary N) is 1. The number of rotatable bonds is 5. The molecule has 33 heavy (non-hydrogen) atoms. The highest BCUT2D eigenvalue weighted by Gasteiger charge is 2.40. The quantitative estimate of drug-likeness (QED) is 0.731. The number of benzene rings is 1. The average Bonchev–Trinajstić information content (AvgIpc) is 2.78. The molecule has 0 unspecified atom stereocenters. The molecule has 0 spiro atoms. The van der Waals surface area contributed by atoms with Crippen molar-refractivity contribution in [1.29, 1.82) is 0 Å². The Kier molecular flexibility index (Phi) is 6.15. The van der Waals surface area contributed by atoms with Gasteiger partial charge in [0.15, 0.2) is 17.7 Å². The Morgan fingerprint density at radius 3 is 2.58 bits per heavy atom. The van der Waals surface area contributed by atoms with E-state index in [2.05, 4.69) is 5.32 Å². The summed E-state index contributed by atoms with van der Waals surface area (Å²) in [6.07, 6.45) is 2.09. The number of carbonyl (C=O) groups excluding carboxylic acids is 2. The molecule has 0 radical (unpaired) electrons. The van der Waals surface area contributed by atoms with Crippen molar-refractivity contribution in [3.05, 3.63) is 62.8 Å². The van der Waals surface area contributed by atoms with Gasteiger partial charge in [0.25, 0.3) is 11.8 Å². The monoisotopic (exact) mass is 465 g/mol. The zero-order valence-electron chi connectivity index (χ0n) is 18.0. The lowest BCUT2D eigenvalue weighted by Crippen LogP contribution is -2.55. The summed E-state index contributed by atoms with van der Waals surface area (Å²) >= 11 is 0. The van der Waals surface area contributed by atoms with Crippen molar-refractivity contribution in [1.82, 2.24) is 14.8 Å². The van der Waals surface area contributed by atoms with E-state index in [-0.39, 0.29) is 29.7 Å². The third kappa shape index (κ3) is 4.08. The summed E-state index contributed by atoms with van der Waals surface area (Å²) in [5, 5.41) is 2.26. The lowest BCUT2D eigenvalue weighted by molar-refractivity contribution is -0.134. The Morgan fingerprint density at radius 2 is 1.94 bits per heavy atom. The molecule has 1 aromatic carbocycles. The molecule has 8 nitrogen and oxygen atoms in total. The minimum Gasteiger partial charge on any atom is -0.491 e. The van der Waals surface area contributed by atoms with E-state index in [4.69, 9.17) is 9.47 Å². The number of hydrogen-bond donors (Lipinski definition) is 1. The number of carbonyl (C=O) groups is 2. The molecule has 2 aliphatic heterocycles. The fraction of sp³-hybridized carbons (Fsp3) is 0.409. The maximum absolute atomic E-state index is 13.9. The van der Waals surface area contributed by atoms with Crippen LogP contribution >= 0.6 is 0 Å². The van der Waals surface area contributed by atoms with Crippen LogP contribution in [0, 0.1) is 17.5 Å². The van der Waals surface area contributed by atoms with Gasteiger partial charge in [-0.3, -0.25) is 14.4 Å². The van der Waals surface area contributed by atoms with E-state index in [1.807, 2.05) is 6.92 Å². The maximum Gasteiger partial charge on any atom is 0.276 e. The summed E-state index contributed by atoms with van der Waals surface area (Å²) < 4.78 is 53.4. The van der Waals surface area contributed by atoms with Crippen molar-refractivity contribution >= 4 is 11.8 Å². The highest BCUT2D eigenvalue weighted by atomic mass is 19.1. The minimum absolute atomic E-state index is 0.00414. The van der Waals surface area contributed by atoms with E-state index in [0.29, 0.717) is 25.1 Å². The predicted molar refractivity (Wildman–Crippen MR) is 109 cm³/mol. The largest absolute Gasteiger partial charge is 0.491 e. The van der Waals surface area contributed by atoms with Gasteiger partial charge in [-0.25, -0.2) is 13.2 Å². The van der Waals surface area contributed by atoms with Crippen LogP contribution in [-0.2, 0) is 17.8 Å². The first-order valence-corrected chi connectivity index (χ1v) is 10.4. The first-order chi connectivity index (χ1) is 15.7. The van der Waals surface area contributed by atoms with Crippen molar-refractivity contribution < 1.29 is 32.2 Å². The second-order valence-corrected chi connectivity index (χ2v) is 7.84. The number of pyridine rings is 1. The van der Waals surface area contributed by atoms with Gasteiger partial charge in [-0.1, -0.05) is 6.92 Å². The van der Waals surface area contributed by atoms with Crippen LogP contribution in [0.25, 0.3) is 0 Å². The van der Waals surface area contributed by atoms with Crippen molar-refractivity contribution in [2.45, 2.75) is 45.2 Å². The zero-order valence-corrected chi connectivity index (χ0v) is 18.0. The first kappa shape index (κ1) is 22.8. The van der Waals surface area contributed by atoms with Gasteiger partial charge in [-0.15, -0.1) is 0 Å². The van der Waals surface area contributed by atoms with Crippen LogP contribution in [0.1, 0.15) is 46.2 Å². The second kappa shape index (κ2) is 8.89. The predicted octanol–water partition coefficient (Wildman–Crippen LogP) is 2.18. The lowest BCUT2D eigenvalue weighted by atomic mass is 10.1. The minimum atomic E-state index is -1.17. The summed E-state index contributed by atoms with van der Waals surface area (Å²) in [6, 6.07) is 0.985. The standard InChI is InChI=1S/C22H22F3N3O5/c1-3-12-4-5-28-17(33-12)10-27-9-14(19(29)20(32-2)18(27)22(28)31)21(30)26-8-13-15(24)6-11(23)7-16(13)25/h6-7,9,12,17H,3-5,8,10H2,1-2H3,(H,26,30)/t12-,17+/m0/s1. The number of amides is 2. The molecule has 4 rings (SSSR count). The highest BCUT2D eigenvalue weighted by molar-refractivity contribution is 5.99. The third-order valence-electron chi connectivity index (χ3n) is 5.88. The number of nitrogens with zero attached hydrogens (tertiary/aromatic N) is 2. The molecule has 1 fully saturated rings. The molecule has 2 atom stereocenters. The molecule has 1 N–H and O–H groups in total. The molecule has 0 bridgehead atoms. The van der Waals surface area contributed by atoms with Gasteiger partial charge < -0.3 is 24.3 Å². The highest BCUT2D eigenvalue weighted by Crippen LogP contribution is 2.29. The smallest absolute Gasteiger partial charge is 0.276 e. The molecule has 1 aromatic heterocycles. The summed E-state index contributed by atoms with van der Waals surface area (Å²) in [4.78, 5) is 40.2. The number of methoxy groups -OCH3 is 1. The molecule has 1 saturated heterocycles. The number of aromatic nitrogens is 1. The maximum atomic E-state index is 13.9. The van der Waals surface area contributed by atoms with Crippen LogP contribution < -0.4 is 15.5 Å². The summed E-state index contributed by atoms with van der Waals surface area (Å²) in [5.74, 6) is -5.11. The Balaban J connectivity index is 1.65. The van der Waals surface area contributed by atoms with Gasteiger partial charge in [0.1, 0.15) is 23.0 Å². The molecule has 2 aliphatic rings.